The quantitative estimate of drug-likeness (QED) is 0.560. The predicted octanol–water partition coefficient (Wildman–Crippen LogP) is 3.41. The molecule has 178 valence electrons. The van der Waals surface area contributed by atoms with Crippen LogP contribution in [-0.4, -0.2) is 53.9 Å². The number of allylic oxidation sites excluding steroid dienone is 1. The number of rotatable bonds is 8. The van der Waals surface area contributed by atoms with Crippen LogP contribution in [-0.2, 0) is 27.4 Å². The molecule has 0 radical (unpaired) electrons. The fraction of sp³-hybridized carbons (Fsp3) is 0.320. The molecule has 2 N–H and O–H groups in total. The van der Waals surface area contributed by atoms with Crippen LogP contribution >= 0.6 is 11.6 Å². The standard InChI is InChI=1S/C25H27ClN4O4/c1-17(27-15-18-6-2-3-7-19(18)16-29-10-12-34-13-11-29)24-21(14-23(31)32)28-30(25(24)33)22-9-5-4-8-20(22)26/h2-9,27H,10-16H2,1H3,(H,31,32)/b24-17+. The number of carbonyl (C=O) groups is 2. The lowest BCUT2D eigenvalue weighted by atomic mass is 10.0. The van der Waals surface area contributed by atoms with E-state index in [4.69, 9.17) is 16.3 Å². The zero-order chi connectivity index (χ0) is 24.1. The number of carboxylic acids is 1. The normalized spacial score (nSPS) is 18.1. The number of nitrogens with one attached hydrogen (secondary N) is 1. The third-order valence-electron chi connectivity index (χ3n) is 5.85. The largest absolute Gasteiger partial charge is 0.481 e. The van der Waals surface area contributed by atoms with Gasteiger partial charge in [-0.05, 0) is 30.2 Å². The summed E-state index contributed by atoms with van der Waals surface area (Å²) in [5.74, 6) is -1.47. The Balaban J connectivity index is 1.56. The highest BCUT2D eigenvalue weighted by molar-refractivity contribution is 6.37. The molecule has 1 fully saturated rings. The van der Waals surface area contributed by atoms with Crippen molar-refractivity contribution in [2.75, 3.05) is 31.3 Å². The zero-order valence-electron chi connectivity index (χ0n) is 19.0. The van der Waals surface area contributed by atoms with Gasteiger partial charge in [-0.1, -0.05) is 48.0 Å². The Morgan fingerprint density at radius 1 is 1.12 bits per heavy atom. The van der Waals surface area contributed by atoms with Gasteiger partial charge in [0.1, 0.15) is 0 Å². The first kappa shape index (κ1) is 23.9. The fourth-order valence-corrected chi connectivity index (χ4v) is 4.29. The molecular formula is C25H27ClN4O4. The third-order valence-corrected chi connectivity index (χ3v) is 6.17. The number of hydrogen-bond acceptors (Lipinski definition) is 6. The average Bonchev–Trinajstić information content (AvgIpc) is 3.14. The van der Waals surface area contributed by atoms with Gasteiger partial charge in [0, 0.05) is 31.9 Å². The highest BCUT2D eigenvalue weighted by atomic mass is 35.5. The van der Waals surface area contributed by atoms with E-state index in [2.05, 4.69) is 27.5 Å². The molecule has 4 rings (SSSR count). The van der Waals surface area contributed by atoms with Crippen molar-refractivity contribution in [2.45, 2.75) is 26.4 Å². The van der Waals surface area contributed by atoms with Crippen LogP contribution in [0.15, 0.2) is 64.9 Å². The minimum absolute atomic E-state index is 0.198. The molecule has 2 aromatic carbocycles. The highest BCUT2D eigenvalue weighted by Gasteiger charge is 2.34. The minimum atomic E-state index is -1.06. The van der Waals surface area contributed by atoms with Crippen LogP contribution in [0.4, 0.5) is 5.69 Å². The average molecular weight is 483 g/mol. The molecule has 0 bridgehead atoms. The second-order valence-corrected chi connectivity index (χ2v) is 8.60. The molecule has 2 aliphatic rings. The highest BCUT2D eigenvalue weighted by Crippen LogP contribution is 2.31. The van der Waals surface area contributed by atoms with E-state index in [1.165, 1.54) is 10.6 Å². The molecule has 2 aliphatic heterocycles. The van der Waals surface area contributed by atoms with Gasteiger partial charge >= 0.3 is 5.97 Å². The van der Waals surface area contributed by atoms with E-state index >= 15 is 0 Å². The number of para-hydroxylation sites is 1. The number of nitrogens with zero attached hydrogens (tertiary/aromatic N) is 3. The smallest absolute Gasteiger partial charge is 0.309 e. The number of carbonyl (C=O) groups excluding carboxylic acids is 1. The topological polar surface area (TPSA) is 94.5 Å². The number of ether oxygens (including phenoxy) is 1. The molecule has 0 spiro atoms. The van der Waals surface area contributed by atoms with Crippen LogP contribution in [0.1, 0.15) is 24.5 Å². The van der Waals surface area contributed by atoms with E-state index in [-0.39, 0.29) is 17.7 Å². The lowest BCUT2D eigenvalue weighted by Crippen LogP contribution is -2.36. The third kappa shape index (κ3) is 5.47. The van der Waals surface area contributed by atoms with Crippen LogP contribution in [0.25, 0.3) is 0 Å². The van der Waals surface area contributed by atoms with Crippen molar-refractivity contribution >= 4 is 34.9 Å². The van der Waals surface area contributed by atoms with Gasteiger partial charge in [-0.2, -0.15) is 10.1 Å². The molecule has 0 aromatic heterocycles. The first-order valence-electron chi connectivity index (χ1n) is 11.1. The van der Waals surface area contributed by atoms with Gasteiger partial charge in [0.25, 0.3) is 5.91 Å². The molecule has 1 amide bonds. The summed E-state index contributed by atoms with van der Waals surface area (Å²) in [6.07, 6.45) is -0.366. The van der Waals surface area contributed by atoms with Gasteiger partial charge in [-0.3, -0.25) is 14.5 Å². The Labute approximate surface area is 203 Å². The van der Waals surface area contributed by atoms with Crippen molar-refractivity contribution < 1.29 is 19.4 Å². The van der Waals surface area contributed by atoms with Crippen molar-refractivity contribution in [2.24, 2.45) is 5.10 Å². The Morgan fingerprint density at radius 2 is 1.79 bits per heavy atom. The van der Waals surface area contributed by atoms with Gasteiger partial charge in [0.05, 0.1) is 41.6 Å². The maximum atomic E-state index is 13.3. The summed E-state index contributed by atoms with van der Waals surface area (Å²) in [6.45, 7) is 6.35. The maximum Gasteiger partial charge on any atom is 0.309 e. The summed E-state index contributed by atoms with van der Waals surface area (Å²) in [5, 5.41) is 18.5. The van der Waals surface area contributed by atoms with Crippen molar-refractivity contribution in [3.63, 3.8) is 0 Å². The van der Waals surface area contributed by atoms with Crippen LogP contribution in [0.5, 0.6) is 0 Å². The van der Waals surface area contributed by atoms with E-state index in [9.17, 15) is 14.7 Å². The lowest BCUT2D eigenvalue weighted by molar-refractivity contribution is -0.135. The monoisotopic (exact) mass is 482 g/mol. The summed E-state index contributed by atoms with van der Waals surface area (Å²) in [7, 11) is 0. The molecule has 2 aromatic rings. The van der Waals surface area contributed by atoms with Crippen molar-refractivity contribution in [1.82, 2.24) is 10.2 Å². The van der Waals surface area contributed by atoms with Gasteiger partial charge in [0.15, 0.2) is 0 Å². The Morgan fingerprint density at radius 3 is 2.50 bits per heavy atom. The molecule has 0 atom stereocenters. The fourth-order valence-electron chi connectivity index (χ4n) is 4.08. The molecule has 0 saturated carbocycles. The molecular weight excluding hydrogens is 456 g/mol. The number of hydrogen-bond donors (Lipinski definition) is 2. The summed E-state index contributed by atoms with van der Waals surface area (Å²) >= 11 is 6.27. The number of hydrazone groups is 1. The number of halogens is 1. The van der Waals surface area contributed by atoms with E-state index in [1.807, 2.05) is 12.1 Å². The second-order valence-electron chi connectivity index (χ2n) is 8.20. The Kier molecular flexibility index (Phi) is 7.62. The van der Waals surface area contributed by atoms with Crippen LogP contribution in [0, 0.1) is 0 Å². The van der Waals surface area contributed by atoms with Crippen molar-refractivity contribution in [1.29, 1.82) is 0 Å². The SMILES string of the molecule is C/C(NCc1ccccc1CN1CCOCC1)=C1\C(=O)N(c2ccccc2Cl)N=C1CC(=O)O. The van der Waals surface area contributed by atoms with Gasteiger partial charge in [-0.25, -0.2) is 0 Å². The van der Waals surface area contributed by atoms with E-state index in [0.29, 0.717) is 23.0 Å². The maximum absolute atomic E-state index is 13.3. The molecule has 8 nitrogen and oxygen atoms in total. The number of carboxylic acid groups (broad SMARTS) is 1. The van der Waals surface area contributed by atoms with Crippen LogP contribution in [0.3, 0.4) is 0 Å². The number of anilines is 1. The van der Waals surface area contributed by atoms with Crippen LogP contribution < -0.4 is 10.3 Å². The first-order chi connectivity index (χ1) is 16.4. The molecule has 9 heteroatoms. The lowest BCUT2D eigenvalue weighted by Gasteiger charge is -2.27. The van der Waals surface area contributed by atoms with Gasteiger partial charge < -0.3 is 15.2 Å². The number of aliphatic carboxylic acids is 1. The summed E-state index contributed by atoms with van der Waals surface area (Å²) in [6, 6.07) is 15.0. The van der Waals surface area contributed by atoms with E-state index < -0.39 is 11.9 Å². The number of morpholine rings is 1. The van der Waals surface area contributed by atoms with Gasteiger partial charge in [0.2, 0.25) is 0 Å². The van der Waals surface area contributed by atoms with Gasteiger partial charge in [-0.15, -0.1) is 0 Å². The van der Waals surface area contributed by atoms with Crippen LogP contribution in [0.2, 0.25) is 5.02 Å². The number of amides is 1. The summed E-state index contributed by atoms with van der Waals surface area (Å²) < 4.78 is 5.44. The minimum Gasteiger partial charge on any atom is -0.481 e. The van der Waals surface area contributed by atoms with E-state index in [0.717, 1.165) is 38.4 Å². The summed E-state index contributed by atoms with van der Waals surface area (Å²) in [4.78, 5) is 27.1. The van der Waals surface area contributed by atoms with E-state index in [1.54, 1.807) is 31.2 Å². The first-order valence-corrected chi connectivity index (χ1v) is 11.5. The molecule has 2 heterocycles. The zero-order valence-corrected chi connectivity index (χ0v) is 19.7. The predicted molar refractivity (Wildman–Crippen MR) is 131 cm³/mol. The van der Waals surface area contributed by atoms with Crippen molar-refractivity contribution in [3.8, 4) is 0 Å². The summed E-state index contributed by atoms with van der Waals surface area (Å²) in [5.41, 5.74) is 3.75. The Bertz CT molecular complexity index is 1140. The molecule has 0 aliphatic carbocycles. The molecule has 34 heavy (non-hydrogen) atoms. The second kappa shape index (κ2) is 10.8. The number of benzene rings is 2. The van der Waals surface area contributed by atoms with Crippen molar-refractivity contribution in [3.05, 3.63) is 76.0 Å². The molecule has 1 saturated heterocycles. The molecule has 0 unspecified atom stereocenters. The Hall–Kier alpha value is -3.20.